The summed E-state index contributed by atoms with van der Waals surface area (Å²) in [5.74, 6) is -0.968. The molecule has 0 atom stereocenters. The van der Waals surface area contributed by atoms with Gasteiger partial charge in [-0.2, -0.15) is 0 Å². The third-order valence-corrected chi connectivity index (χ3v) is 6.33. The van der Waals surface area contributed by atoms with Crippen molar-refractivity contribution in [3.05, 3.63) is 111 Å². The first kappa shape index (κ1) is 23.0. The Kier molecular flexibility index (Phi) is 6.60. The van der Waals surface area contributed by atoms with Crippen molar-refractivity contribution in [3.63, 3.8) is 0 Å². The second-order valence-electron chi connectivity index (χ2n) is 7.59. The molecule has 8 heteroatoms. The smallest absolute Gasteiger partial charge is 0.337 e. The average molecular weight is 472 g/mol. The molecule has 0 aliphatic carbocycles. The Bertz CT molecular complexity index is 1390. The van der Waals surface area contributed by atoms with Crippen LogP contribution in [-0.4, -0.2) is 26.8 Å². The lowest BCUT2D eigenvalue weighted by Crippen LogP contribution is -2.07. The van der Waals surface area contributed by atoms with E-state index in [2.05, 4.69) is 4.99 Å². The van der Waals surface area contributed by atoms with E-state index in [0.29, 0.717) is 5.69 Å². The molecule has 1 heterocycles. The molecule has 0 saturated heterocycles. The van der Waals surface area contributed by atoms with Crippen LogP contribution < -0.4 is 0 Å². The molecule has 7 nitrogen and oxygen atoms in total. The number of nitrogens with zero attached hydrogens (tertiary/aromatic N) is 3. The fourth-order valence-electron chi connectivity index (χ4n) is 3.65. The molecular formula is C26H21N3O4S. The molecule has 0 radical (unpaired) electrons. The summed E-state index contributed by atoms with van der Waals surface area (Å²) in [6, 6.07) is 23.1. The van der Waals surface area contributed by atoms with Crippen molar-refractivity contribution in [2.24, 2.45) is 4.99 Å². The number of nitro groups is 1. The van der Waals surface area contributed by atoms with E-state index in [-0.39, 0.29) is 11.3 Å². The molecule has 0 fully saturated rings. The monoisotopic (exact) mass is 471 g/mol. The molecule has 4 rings (SSSR count). The standard InChI is InChI=1S/C26H21N3O4S/c1-17-15-19(18(2)28(17)25-6-4-3-5-24(25)26(30)31)16-27-20-7-11-22(12-8-20)34-23-13-9-21(10-14-23)29(32)33/h3-16H,1-2H3,(H,30,31). The number of hydrogen-bond donors (Lipinski definition) is 1. The number of aromatic carboxylic acids is 1. The quantitative estimate of drug-likeness (QED) is 0.186. The molecule has 0 aliphatic rings. The highest BCUT2D eigenvalue weighted by atomic mass is 32.2. The number of benzene rings is 3. The predicted octanol–water partition coefficient (Wildman–Crippen LogP) is 6.60. The van der Waals surface area contributed by atoms with Gasteiger partial charge in [0, 0.05) is 45.1 Å². The van der Waals surface area contributed by atoms with Crippen LogP contribution >= 0.6 is 11.8 Å². The summed E-state index contributed by atoms with van der Waals surface area (Å²) in [6.07, 6.45) is 1.78. The number of nitro benzene ring substituents is 1. The van der Waals surface area contributed by atoms with Crippen LogP contribution in [0, 0.1) is 24.0 Å². The molecular weight excluding hydrogens is 450 g/mol. The van der Waals surface area contributed by atoms with E-state index in [0.717, 1.165) is 32.4 Å². The maximum absolute atomic E-state index is 11.7. The first-order valence-corrected chi connectivity index (χ1v) is 11.2. The van der Waals surface area contributed by atoms with Crippen molar-refractivity contribution in [1.82, 2.24) is 4.57 Å². The highest BCUT2D eigenvalue weighted by Gasteiger charge is 2.15. The molecule has 0 unspecified atom stereocenters. The van der Waals surface area contributed by atoms with Gasteiger partial charge in [0.25, 0.3) is 5.69 Å². The molecule has 0 amide bonds. The number of non-ortho nitro benzene ring substituents is 1. The van der Waals surface area contributed by atoms with Crippen LogP contribution in [0.4, 0.5) is 11.4 Å². The molecule has 170 valence electrons. The first-order valence-electron chi connectivity index (χ1n) is 10.4. The Morgan fingerprint density at radius 3 is 2.24 bits per heavy atom. The maximum Gasteiger partial charge on any atom is 0.337 e. The Balaban J connectivity index is 1.52. The molecule has 0 bridgehead atoms. The van der Waals surface area contributed by atoms with Crippen LogP contribution in [0.25, 0.3) is 5.69 Å². The van der Waals surface area contributed by atoms with E-state index in [1.54, 1.807) is 36.5 Å². The van der Waals surface area contributed by atoms with E-state index in [1.165, 1.54) is 23.9 Å². The van der Waals surface area contributed by atoms with E-state index < -0.39 is 10.9 Å². The minimum absolute atomic E-state index is 0.0693. The summed E-state index contributed by atoms with van der Waals surface area (Å²) in [6.45, 7) is 3.88. The molecule has 1 aromatic heterocycles. The summed E-state index contributed by atoms with van der Waals surface area (Å²) < 4.78 is 1.93. The van der Waals surface area contributed by atoms with Crippen molar-refractivity contribution in [1.29, 1.82) is 0 Å². The van der Waals surface area contributed by atoms with Crippen molar-refractivity contribution in [2.75, 3.05) is 0 Å². The van der Waals surface area contributed by atoms with Gasteiger partial charge in [0.05, 0.1) is 21.9 Å². The van der Waals surface area contributed by atoms with Crippen molar-refractivity contribution in [3.8, 4) is 5.69 Å². The number of aliphatic imine (C=N–C) groups is 1. The Labute approximate surface area is 200 Å². The van der Waals surface area contributed by atoms with Crippen LogP contribution in [0.15, 0.2) is 93.6 Å². The number of aryl methyl sites for hydroxylation is 1. The number of rotatable bonds is 7. The normalized spacial score (nSPS) is 11.1. The summed E-state index contributed by atoms with van der Waals surface area (Å²) >= 11 is 1.51. The molecule has 3 aromatic carbocycles. The number of aromatic nitrogens is 1. The fourth-order valence-corrected chi connectivity index (χ4v) is 4.47. The van der Waals surface area contributed by atoms with Crippen LogP contribution in [-0.2, 0) is 0 Å². The Morgan fingerprint density at radius 1 is 1.00 bits per heavy atom. The fraction of sp³-hybridized carbons (Fsp3) is 0.0769. The van der Waals surface area contributed by atoms with Crippen LogP contribution in [0.5, 0.6) is 0 Å². The average Bonchev–Trinajstić information content (AvgIpc) is 3.11. The van der Waals surface area contributed by atoms with E-state index in [9.17, 15) is 20.0 Å². The number of para-hydroxylation sites is 1. The largest absolute Gasteiger partial charge is 0.478 e. The lowest BCUT2D eigenvalue weighted by molar-refractivity contribution is -0.384. The SMILES string of the molecule is Cc1cc(C=Nc2ccc(Sc3ccc([N+](=O)[O-])cc3)cc2)c(C)n1-c1ccccc1C(=O)O. The minimum atomic E-state index is -0.968. The number of carboxylic acid groups (broad SMARTS) is 1. The minimum Gasteiger partial charge on any atom is -0.478 e. The van der Waals surface area contributed by atoms with E-state index in [4.69, 9.17) is 0 Å². The van der Waals surface area contributed by atoms with Crippen molar-refractivity contribution >= 4 is 35.3 Å². The summed E-state index contributed by atoms with van der Waals surface area (Å²) in [5, 5.41) is 20.3. The zero-order chi connectivity index (χ0) is 24.2. The topological polar surface area (TPSA) is 97.7 Å². The Hall–Kier alpha value is -4.17. The highest BCUT2D eigenvalue weighted by molar-refractivity contribution is 7.99. The number of hydrogen-bond acceptors (Lipinski definition) is 5. The molecule has 4 aromatic rings. The van der Waals surface area contributed by atoms with Crippen molar-refractivity contribution in [2.45, 2.75) is 23.6 Å². The van der Waals surface area contributed by atoms with Crippen LogP contribution in [0.3, 0.4) is 0 Å². The van der Waals surface area contributed by atoms with Gasteiger partial charge in [0.2, 0.25) is 0 Å². The summed E-state index contributed by atoms with van der Waals surface area (Å²) in [5.41, 5.74) is 4.44. The van der Waals surface area contributed by atoms with Gasteiger partial charge in [-0.1, -0.05) is 23.9 Å². The van der Waals surface area contributed by atoms with E-state index >= 15 is 0 Å². The van der Waals surface area contributed by atoms with Gasteiger partial charge >= 0.3 is 5.97 Å². The van der Waals surface area contributed by atoms with Gasteiger partial charge in [-0.05, 0) is 68.4 Å². The lowest BCUT2D eigenvalue weighted by Gasteiger charge is -2.12. The zero-order valence-corrected chi connectivity index (χ0v) is 19.3. The molecule has 0 aliphatic heterocycles. The number of carboxylic acids is 1. The zero-order valence-electron chi connectivity index (χ0n) is 18.5. The predicted molar refractivity (Wildman–Crippen MR) is 133 cm³/mol. The molecule has 0 saturated carbocycles. The maximum atomic E-state index is 11.7. The summed E-state index contributed by atoms with van der Waals surface area (Å²) in [4.78, 5) is 28.5. The van der Waals surface area contributed by atoms with Crippen LogP contribution in [0.1, 0.15) is 27.3 Å². The lowest BCUT2D eigenvalue weighted by atomic mass is 10.1. The second kappa shape index (κ2) is 9.76. The number of carbonyl (C=O) groups is 1. The molecule has 0 spiro atoms. The third kappa shape index (κ3) is 4.92. The van der Waals surface area contributed by atoms with E-state index in [1.807, 2.05) is 54.8 Å². The van der Waals surface area contributed by atoms with Crippen LogP contribution in [0.2, 0.25) is 0 Å². The molecule has 34 heavy (non-hydrogen) atoms. The second-order valence-corrected chi connectivity index (χ2v) is 8.74. The summed E-state index contributed by atoms with van der Waals surface area (Å²) in [7, 11) is 0. The van der Waals surface area contributed by atoms with Gasteiger partial charge in [-0.25, -0.2) is 4.79 Å². The van der Waals surface area contributed by atoms with Gasteiger partial charge in [0.1, 0.15) is 0 Å². The highest BCUT2D eigenvalue weighted by Crippen LogP contribution is 2.30. The Morgan fingerprint density at radius 2 is 1.62 bits per heavy atom. The van der Waals surface area contributed by atoms with Gasteiger partial charge in [-0.3, -0.25) is 15.1 Å². The molecule has 1 N–H and O–H groups in total. The first-order chi connectivity index (χ1) is 16.3. The van der Waals surface area contributed by atoms with Crippen molar-refractivity contribution < 1.29 is 14.8 Å². The van der Waals surface area contributed by atoms with Gasteiger partial charge in [0.15, 0.2) is 0 Å². The van der Waals surface area contributed by atoms with Gasteiger partial charge < -0.3 is 9.67 Å². The van der Waals surface area contributed by atoms with Gasteiger partial charge in [-0.15, -0.1) is 0 Å². The third-order valence-electron chi connectivity index (χ3n) is 5.32.